The monoisotopic (exact) mass is 384 g/mol. The summed E-state index contributed by atoms with van der Waals surface area (Å²) in [6.45, 7) is 2.15. The first-order valence-corrected chi connectivity index (χ1v) is 9.64. The van der Waals surface area contributed by atoms with Crippen molar-refractivity contribution in [2.24, 2.45) is 0 Å². The molecular formula is C17H24N2O6S. The summed E-state index contributed by atoms with van der Waals surface area (Å²) in [7, 11) is -0.732. The Labute approximate surface area is 153 Å². The molecule has 0 aromatic heterocycles. The van der Waals surface area contributed by atoms with Crippen LogP contribution >= 0.6 is 0 Å². The number of nitrogens with one attached hydrogen (secondary N) is 1. The van der Waals surface area contributed by atoms with Crippen LogP contribution in [0.15, 0.2) is 29.2 Å². The maximum atomic E-state index is 12.9. The third kappa shape index (κ3) is 5.28. The summed E-state index contributed by atoms with van der Waals surface area (Å²) in [5, 5.41) is 2.66. The molecule has 0 unspecified atom stereocenters. The highest BCUT2D eigenvalue weighted by molar-refractivity contribution is 7.89. The molecule has 0 atom stereocenters. The molecule has 9 heteroatoms. The summed E-state index contributed by atoms with van der Waals surface area (Å²) in [5.41, 5.74) is 0.583. The van der Waals surface area contributed by atoms with Crippen LogP contribution in [-0.2, 0) is 24.3 Å². The fourth-order valence-electron chi connectivity index (χ4n) is 2.43. The predicted molar refractivity (Wildman–Crippen MR) is 96.5 cm³/mol. The first-order chi connectivity index (χ1) is 12.5. The van der Waals surface area contributed by atoms with Gasteiger partial charge in [-0.15, -0.1) is 0 Å². The van der Waals surface area contributed by atoms with Crippen molar-refractivity contribution < 1.29 is 27.4 Å². The molecule has 1 heterocycles. The molecule has 0 radical (unpaired) electrons. The first-order valence-electron chi connectivity index (χ1n) is 8.20. The van der Waals surface area contributed by atoms with Crippen LogP contribution in [-0.4, -0.2) is 72.3 Å². The number of morpholine rings is 1. The van der Waals surface area contributed by atoms with E-state index in [-0.39, 0.29) is 16.6 Å². The fourth-order valence-corrected chi connectivity index (χ4v) is 4.03. The summed E-state index contributed by atoms with van der Waals surface area (Å²) in [4.78, 5) is 11.8. The minimum Gasteiger partial charge on any atom is -0.495 e. The smallest absolute Gasteiger partial charge is 0.246 e. The summed E-state index contributed by atoms with van der Waals surface area (Å²) in [6.07, 6.45) is 2.91. The Morgan fingerprint density at radius 1 is 1.31 bits per heavy atom. The molecule has 0 saturated carbocycles. The Balaban J connectivity index is 2.21. The van der Waals surface area contributed by atoms with Gasteiger partial charge in [0.15, 0.2) is 0 Å². The zero-order valence-electron chi connectivity index (χ0n) is 14.9. The van der Waals surface area contributed by atoms with Gasteiger partial charge in [0, 0.05) is 32.8 Å². The molecule has 8 nitrogen and oxygen atoms in total. The minimum absolute atomic E-state index is 0.0730. The number of methoxy groups -OCH3 is 2. The lowest BCUT2D eigenvalue weighted by Crippen LogP contribution is -2.40. The molecule has 144 valence electrons. The number of carbonyl (C=O) groups is 1. The maximum Gasteiger partial charge on any atom is 0.246 e. The SMILES string of the molecule is COCCNC(=O)C=Cc1ccc(OC)c(S(=O)(=O)N2CCOCC2)c1. The molecule has 1 aliphatic heterocycles. The van der Waals surface area contributed by atoms with Crippen LogP contribution in [0.3, 0.4) is 0 Å². The number of nitrogens with zero attached hydrogens (tertiary/aromatic N) is 1. The van der Waals surface area contributed by atoms with Gasteiger partial charge in [0.25, 0.3) is 0 Å². The van der Waals surface area contributed by atoms with Gasteiger partial charge in [-0.3, -0.25) is 4.79 Å². The van der Waals surface area contributed by atoms with Crippen LogP contribution in [0.2, 0.25) is 0 Å². The zero-order valence-corrected chi connectivity index (χ0v) is 15.8. The molecule has 0 aliphatic carbocycles. The Kier molecular flexibility index (Phi) is 7.58. The topological polar surface area (TPSA) is 94.2 Å². The molecule has 1 aliphatic rings. The van der Waals surface area contributed by atoms with E-state index in [0.29, 0.717) is 45.0 Å². The van der Waals surface area contributed by atoms with Crippen molar-refractivity contribution in [1.29, 1.82) is 0 Å². The van der Waals surface area contributed by atoms with Crippen LogP contribution in [0, 0.1) is 0 Å². The maximum absolute atomic E-state index is 12.9. The fraction of sp³-hybridized carbons (Fsp3) is 0.471. The average Bonchev–Trinajstić information content (AvgIpc) is 2.67. The summed E-state index contributed by atoms with van der Waals surface area (Å²) < 4.78 is 42.5. The van der Waals surface area contributed by atoms with Crippen LogP contribution in [0.25, 0.3) is 6.08 Å². The van der Waals surface area contributed by atoms with Gasteiger partial charge in [-0.05, 0) is 23.8 Å². The summed E-state index contributed by atoms with van der Waals surface area (Å²) >= 11 is 0. The Bertz CT molecular complexity index is 742. The molecule has 0 spiro atoms. The van der Waals surface area contributed by atoms with Gasteiger partial charge in [0.2, 0.25) is 15.9 Å². The number of hydrogen-bond acceptors (Lipinski definition) is 6. The third-order valence-corrected chi connectivity index (χ3v) is 5.73. The first kappa shape index (κ1) is 20.4. The molecular weight excluding hydrogens is 360 g/mol. The molecule has 1 saturated heterocycles. The summed E-state index contributed by atoms with van der Waals surface area (Å²) in [6, 6.07) is 4.77. The van der Waals surface area contributed by atoms with Crippen LogP contribution in [0.5, 0.6) is 5.75 Å². The Hall–Kier alpha value is -1.94. The van der Waals surface area contributed by atoms with Gasteiger partial charge in [-0.1, -0.05) is 6.07 Å². The number of benzene rings is 1. The largest absolute Gasteiger partial charge is 0.495 e. The number of ether oxygens (including phenoxy) is 3. The second-order valence-corrected chi connectivity index (χ2v) is 7.45. The van der Waals surface area contributed by atoms with E-state index in [4.69, 9.17) is 14.2 Å². The molecule has 1 aromatic rings. The van der Waals surface area contributed by atoms with Gasteiger partial charge in [0.05, 0.1) is 26.9 Å². The molecule has 0 bridgehead atoms. The number of amides is 1. The van der Waals surface area contributed by atoms with E-state index in [0.717, 1.165) is 0 Å². The normalized spacial score (nSPS) is 15.9. The standard InChI is InChI=1S/C17H24N2O6S/c1-23-10-7-18-17(20)6-4-14-3-5-15(24-2)16(13-14)26(21,22)19-8-11-25-12-9-19/h3-6,13H,7-12H2,1-2H3,(H,18,20). The van der Waals surface area contributed by atoms with Crippen LogP contribution in [0.1, 0.15) is 5.56 Å². The van der Waals surface area contributed by atoms with E-state index in [1.165, 1.54) is 23.6 Å². The number of carbonyl (C=O) groups excluding carboxylic acids is 1. The van der Waals surface area contributed by atoms with Crippen molar-refractivity contribution in [1.82, 2.24) is 9.62 Å². The second-order valence-electron chi connectivity index (χ2n) is 5.54. The predicted octanol–water partition coefficient (Wildman–Crippen LogP) is 0.492. The second kappa shape index (κ2) is 9.67. The molecule has 26 heavy (non-hydrogen) atoms. The lowest BCUT2D eigenvalue weighted by atomic mass is 10.2. The minimum atomic E-state index is -3.71. The van der Waals surface area contributed by atoms with Crippen molar-refractivity contribution >= 4 is 22.0 Å². The number of hydrogen-bond donors (Lipinski definition) is 1. The van der Waals surface area contributed by atoms with Crippen molar-refractivity contribution in [2.45, 2.75) is 4.90 Å². The van der Waals surface area contributed by atoms with E-state index >= 15 is 0 Å². The number of sulfonamides is 1. The van der Waals surface area contributed by atoms with Gasteiger partial charge < -0.3 is 19.5 Å². The molecule has 1 fully saturated rings. The van der Waals surface area contributed by atoms with Gasteiger partial charge >= 0.3 is 0 Å². The van der Waals surface area contributed by atoms with E-state index in [1.54, 1.807) is 25.3 Å². The molecule has 1 N–H and O–H groups in total. The van der Waals surface area contributed by atoms with Crippen molar-refractivity contribution in [3.63, 3.8) is 0 Å². The van der Waals surface area contributed by atoms with Crippen molar-refractivity contribution in [3.8, 4) is 5.75 Å². The highest BCUT2D eigenvalue weighted by atomic mass is 32.2. The Morgan fingerprint density at radius 3 is 2.69 bits per heavy atom. The Morgan fingerprint density at radius 2 is 2.04 bits per heavy atom. The van der Waals surface area contributed by atoms with E-state index in [1.807, 2.05) is 0 Å². The third-order valence-electron chi connectivity index (χ3n) is 3.81. The quantitative estimate of drug-likeness (QED) is 0.518. The van der Waals surface area contributed by atoms with Gasteiger partial charge in [-0.25, -0.2) is 8.42 Å². The van der Waals surface area contributed by atoms with Crippen molar-refractivity contribution in [2.75, 3.05) is 53.7 Å². The van der Waals surface area contributed by atoms with Crippen LogP contribution < -0.4 is 10.1 Å². The lowest BCUT2D eigenvalue weighted by Gasteiger charge is -2.26. The molecule has 2 rings (SSSR count). The molecule has 1 aromatic carbocycles. The van der Waals surface area contributed by atoms with E-state index in [9.17, 15) is 13.2 Å². The summed E-state index contributed by atoms with van der Waals surface area (Å²) in [5.74, 6) is -0.0198. The van der Waals surface area contributed by atoms with Gasteiger partial charge in [-0.2, -0.15) is 4.31 Å². The number of rotatable bonds is 8. The van der Waals surface area contributed by atoms with E-state index < -0.39 is 10.0 Å². The molecule has 1 amide bonds. The van der Waals surface area contributed by atoms with E-state index in [2.05, 4.69) is 5.32 Å². The zero-order chi connectivity index (χ0) is 19.0. The average molecular weight is 384 g/mol. The van der Waals surface area contributed by atoms with Gasteiger partial charge in [0.1, 0.15) is 10.6 Å². The van der Waals surface area contributed by atoms with Crippen LogP contribution in [0.4, 0.5) is 0 Å². The van der Waals surface area contributed by atoms with Crippen molar-refractivity contribution in [3.05, 3.63) is 29.8 Å². The highest BCUT2D eigenvalue weighted by Crippen LogP contribution is 2.28. The highest BCUT2D eigenvalue weighted by Gasteiger charge is 2.29. The lowest BCUT2D eigenvalue weighted by molar-refractivity contribution is -0.116.